The minimum absolute atomic E-state index is 0.0821. The van der Waals surface area contributed by atoms with Crippen LogP contribution in [-0.4, -0.2) is 33.5 Å². The van der Waals surface area contributed by atoms with Crippen molar-refractivity contribution in [2.45, 2.75) is 11.1 Å². The van der Waals surface area contributed by atoms with Crippen LogP contribution in [0, 0.1) is 0 Å². The van der Waals surface area contributed by atoms with Crippen LogP contribution in [0.4, 0.5) is 18.9 Å². The summed E-state index contributed by atoms with van der Waals surface area (Å²) in [5, 5.41) is 2.59. The van der Waals surface area contributed by atoms with E-state index in [-0.39, 0.29) is 32.8 Å². The highest BCUT2D eigenvalue weighted by Crippen LogP contribution is 2.36. The van der Waals surface area contributed by atoms with Crippen molar-refractivity contribution in [1.82, 2.24) is 9.71 Å². The number of amides is 1. The number of fused-ring (bicyclic) bond motifs is 1. The summed E-state index contributed by atoms with van der Waals surface area (Å²) in [7, 11) is -1.31. The number of carbonyl (C=O) groups excluding carboxylic acids is 1. The predicted octanol–water partition coefficient (Wildman–Crippen LogP) is 3.42. The molecule has 1 heterocycles. The molecule has 0 atom stereocenters. The Morgan fingerprint density at radius 3 is 2.50 bits per heavy atom. The van der Waals surface area contributed by atoms with Gasteiger partial charge in [-0.3, -0.25) is 9.78 Å². The maximum Gasteiger partial charge on any atom is 0.418 e. The van der Waals surface area contributed by atoms with E-state index in [0.717, 1.165) is 18.3 Å². The van der Waals surface area contributed by atoms with Crippen LogP contribution in [0.3, 0.4) is 0 Å². The van der Waals surface area contributed by atoms with Crippen LogP contribution in [0.2, 0.25) is 0 Å². The average molecular weight is 439 g/mol. The summed E-state index contributed by atoms with van der Waals surface area (Å²) in [6.07, 6.45) is -3.47. The molecule has 3 rings (SSSR count). The number of halogens is 3. The number of methoxy groups -OCH3 is 1. The molecule has 0 saturated carbocycles. The summed E-state index contributed by atoms with van der Waals surface area (Å²) in [5.41, 5.74) is -1.28. The second-order valence-electron chi connectivity index (χ2n) is 6.08. The first-order chi connectivity index (χ1) is 14.1. The highest BCUT2D eigenvalue weighted by atomic mass is 32.2. The number of sulfonamides is 1. The fourth-order valence-electron chi connectivity index (χ4n) is 2.85. The van der Waals surface area contributed by atoms with Crippen LogP contribution in [0.25, 0.3) is 10.9 Å². The van der Waals surface area contributed by atoms with E-state index in [9.17, 15) is 26.4 Å². The standard InChI is InChI=1S/C19H16F3N3O4S/c1-23-30(27,28)11-6-7-16(29-2)13(10-11)18(26)25-15-8-9-24-17-12(15)4-3-5-14(17)19(20,21)22/h3-10,23H,1-2H3,(H,24,25,26). The second kappa shape index (κ2) is 7.92. The Labute approximate surface area is 169 Å². The number of nitrogens with zero attached hydrogens (tertiary/aromatic N) is 1. The third kappa shape index (κ3) is 4.07. The van der Waals surface area contributed by atoms with Gasteiger partial charge in [0, 0.05) is 11.6 Å². The van der Waals surface area contributed by atoms with E-state index >= 15 is 0 Å². The van der Waals surface area contributed by atoms with Crippen LogP contribution in [0.15, 0.2) is 53.6 Å². The number of rotatable bonds is 5. The first kappa shape index (κ1) is 21.5. The van der Waals surface area contributed by atoms with Crippen molar-refractivity contribution in [2.24, 2.45) is 0 Å². The first-order valence-corrected chi connectivity index (χ1v) is 9.94. The zero-order chi connectivity index (χ0) is 22.1. The maximum absolute atomic E-state index is 13.3. The van der Waals surface area contributed by atoms with Crippen LogP contribution < -0.4 is 14.8 Å². The van der Waals surface area contributed by atoms with Gasteiger partial charge >= 0.3 is 6.18 Å². The third-order valence-corrected chi connectivity index (χ3v) is 5.73. The molecule has 0 bridgehead atoms. The van der Waals surface area contributed by atoms with Gasteiger partial charge in [0.15, 0.2) is 0 Å². The van der Waals surface area contributed by atoms with E-state index in [1.807, 2.05) is 0 Å². The highest BCUT2D eigenvalue weighted by molar-refractivity contribution is 7.89. The molecule has 0 unspecified atom stereocenters. The molecule has 0 aliphatic heterocycles. The monoisotopic (exact) mass is 439 g/mol. The van der Waals surface area contributed by atoms with Gasteiger partial charge in [-0.15, -0.1) is 0 Å². The van der Waals surface area contributed by atoms with Crippen molar-refractivity contribution < 1.29 is 31.1 Å². The number of anilines is 1. The summed E-state index contributed by atoms with van der Waals surface area (Å²) in [6, 6.07) is 8.54. The zero-order valence-electron chi connectivity index (χ0n) is 15.7. The summed E-state index contributed by atoms with van der Waals surface area (Å²) < 4.78 is 71.1. The number of hydrogen-bond acceptors (Lipinski definition) is 5. The summed E-state index contributed by atoms with van der Waals surface area (Å²) in [6.45, 7) is 0. The Hall–Kier alpha value is -3.18. The first-order valence-electron chi connectivity index (χ1n) is 8.46. The fourth-order valence-corrected chi connectivity index (χ4v) is 3.61. The number of para-hydroxylation sites is 1. The number of pyridine rings is 1. The minimum atomic E-state index is -4.62. The molecule has 0 radical (unpaired) electrons. The lowest BCUT2D eigenvalue weighted by Gasteiger charge is -2.14. The van der Waals surface area contributed by atoms with Gasteiger partial charge in [0.25, 0.3) is 5.91 Å². The molecule has 11 heteroatoms. The van der Waals surface area contributed by atoms with Gasteiger partial charge in [-0.2, -0.15) is 13.2 Å². The van der Waals surface area contributed by atoms with Crippen molar-refractivity contribution in [2.75, 3.05) is 19.5 Å². The second-order valence-corrected chi connectivity index (χ2v) is 7.97. The normalized spacial score (nSPS) is 12.0. The van der Waals surface area contributed by atoms with Crippen molar-refractivity contribution in [3.05, 3.63) is 59.8 Å². The lowest BCUT2D eigenvalue weighted by molar-refractivity contribution is -0.136. The highest BCUT2D eigenvalue weighted by Gasteiger charge is 2.33. The van der Waals surface area contributed by atoms with E-state index < -0.39 is 27.7 Å². The lowest BCUT2D eigenvalue weighted by atomic mass is 10.1. The summed E-state index contributed by atoms with van der Waals surface area (Å²) >= 11 is 0. The molecule has 1 aromatic heterocycles. The van der Waals surface area contributed by atoms with Gasteiger partial charge in [0.05, 0.1) is 34.3 Å². The van der Waals surface area contributed by atoms with Crippen LogP contribution in [-0.2, 0) is 16.2 Å². The van der Waals surface area contributed by atoms with E-state index in [1.54, 1.807) is 0 Å². The Kier molecular flexibility index (Phi) is 5.68. The third-order valence-electron chi connectivity index (χ3n) is 4.32. The van der Waals surface area contributed by atoms with Crippen molar-refractivity contribution in [3.63, 3.8) is 0 Å². The molecule has 0 saturated heterocycles. The SMILES string of the molecule is CNS(=O)(=O)c1ccc(OC)c(C(=O)Nc2ccnc3c(C(F)(F)F)cccc23)c1. The summed E-state index contributed by atoms with van der Waals surface area (Å²) in [4.78, 5) is 16.5. The Balaban J connectivity index is 2.07. The molecule has 2 aromatic carbocycles. The van der Waals surface area contributed by atoms with Crippen LogP contribution in [0.1, 0.15) is 15.9 Å². The van der Waals surface area contributed by atoms with Gasteiger partial charge in [0.1, 0.15) is 5.75 Å². The van der Waals surface area contributed by atoms with E-state index in [2.05, 4.69) is 15.0 Å². The Bertz CT molecular complexity index is 1230. The maximum atomic E-state index is 13.3. The number of benzene rings is 2. The van der Waals surface area contributed by atoms with E-state index in [4.69, 9.17) is 4.74 Å². The Morgan fingerprint density at radius 2 is 1.87 bits per heavy atom. The molecule has 1 amide bonds. The lowest BCUT2D eigenvalue weighted by Crippen LogP contribution is -2.20. The van der Waals surface area contributed by atoms with Crippen LogP contribution >= 0.6 is 0 Å². The number of hydrogen-bond donors (Lipinski definition) is 2. The van der Waals surface area contributed by atoms with Crippen molar-refractivity contribution in [3.8, 4) is 5.75 Å². The number of ether oxygens (including phenoxy) is 1. The zero-order valence-corrected chi connectivity index (χ0v) is 16.6. The number of alkyl halides is 3. The van der Waals surface area contributed by atoms with Gasteiger partial charge in [0.2, 0.25) is 10.0 Å². The minimum Gasteiger partial charge on any atom is -0.496 e. The molecular weight excluding hydrogens is 423 g/mol. The van der Waals surface area contributed by atoms with Crippen LogP contribution in [0.5, 0.6) is 5.75 Å². The Morgan fingerprint density at radius 1 is 1.13 bits per heavy atom. The summed E-state index contributed by atoms with van der Waals surface area (Å²) in [5.74, 6) is -0.665. The molecule has 0 fully saturated rings. The topological polar surface area (TPSA) is 97.4 Å². The van der Waals surface area contributed by atoms with Crippen molar-refractivity contribution in [1.29, 1.82) is 0 Å². The number of carbonyl (C=O) groups is 1. The molecule has 0 aliphatic carbocycles. The molecule has 30 heavy (non-hydrogen) atoms. The number of nitrogens with one attached hydrogen (secondary N) is 2. The fraction of sp³-hybridized carbons (Fsp3) is 0.158. The molecule has 7 nitrogen and oxygen atoms in total. The van der Waals surface area contributed by atoms with E-state index in [1.165, 1.54) is 44.5 Å². The molecular formula is C19H16F3N3O4S. The largest absolute Gasteiger partial charge is 0.496 e. The van der Waals surface area contributed by atoms with Gasteiger partial charge in [-0.05, 0) is 37.4 Å². The molecule has 2 N–H and O–H groups in total. The molecule has 0 spiro atoms. The number of aromatic nitrogens is 1. The van der Waals surface area contributed by atoms with Crippen molar-refractivity contribution >= 4 is 32.5 Å². The molecule has 3 aromatic rings. The van der Waals surface area contributed by atoms with Gasteiger partial charge in [-0.25, -0.2) is 13.1 Å². The van der Waals surface area contributed by atoms with Gasteiger partial charge < -0.3 is 10.1 Å². The average Bonchev–Trinajstić information content (AvgIpc) is 2.72. The quantitative estimate of drug-likeness (QED) is 0.635. The molecule has 0 aliphatic rings. The smallest absolute Gasteiger partial charge is 0.418 e. The van der Waals surface area contributed by atoms with Gasteiger partial charge in [-0.1, -0.05) is 12.1 Å². The predicted molar refractivity (Wildman–Crippen MR) is 104 cm³/mol. The molecule has 158 valence electrons. The van der Waals surface area contributed by atoms with E-state index in [0.29, 0.717) is 0 Å².